The van der Waals surface area contributed by atoms with E-state index in [1.165, 1.54) is 31.4 Å². The second-order valence-electron chi connectivity index (χ2n) is 7.40. The van der Waals surface area contributed by atoms with Crippen LogP contribution in [0.2, 0.25) is 0 Å². The Morgan fingerprint density at radius 1 is 1.06 bits per heavy atom. The predicted molar refractivity (Wildman–Crippen MR) is 120 cm³/mol. The van der Waals surface area contributed by atoms with Crippen LogP contribution in [-0.4, -0.2) is 39.9 Å². The average Bonchev–Trinajstić information content (AvgIpc) is 2.73. The monoisotopic (exact) mass is 447 g/mol. The predicted octanol–water partition coefficient (Wildman–Crippen LogP) is 2.69. The topological polar surface area (TPSA) is 114 Å². The number of rotatable bonds is 9. The van der Waals surface area contributed by atoms with Crippen LogP contribution in [0, 0.1) is 12.8 Å². The van der Waals surface area contributed by atoms with Crippen molar-refractivity contribution in [3.8, 4) is 5.75 Å². The van der Waals surface area contributed by atoms with E-state index in [0.717, 1.165) is 5.56 Å². The summed E-state index contributed by atoms with van der Waals surface area (Å²) in [4.78, 5) is 25.1. The average molecular weight is 448 g/mol. The Bertz CT molecular complexity index is 1030. The van der Waals surface area contributed by atoms with Gasteiger partial charge in [-0.25, -0.2) is 8.42 Å². The van der Waals surface area contributed by atoms with Crippen molar-refractivity contribution in [2.75, 3.05) is 19.0 Å². The summed E-state index contributed by atoms with van der Waals surface area (Å²) in [5.74, 6) is -0.554. The van der Waals surface area contributed by atoms with Crippen LogP contribution < -0.4 is 20.1 Å². The standard InChI is InChI=1S/C22H29N3O5S/c1-6-23-21(26)16-8-7-15(4)19(13-16)24-22(27)20(14(2)3)25-31(28,29)18-11-9-17(30-5)10-12-18/h7-14,20,25H,6H2,1-5H3,(H,23,26)(H,24,27)/t20-/m0/s1. The van der Waals surface area contributed by atoms with E-state index in [1.54, 1.807) is 39.0 Å². The number of sulfonamides is 1. The zero-order chi connectivity index (χ0) is 23.2. The van der Waals surface area contributed by atoms with E-state index in [2.05, 4.69) is 15.4 Å². The number of nitrogens with one attached hydrogen (secondary N) is 3. The third-order valence-corrected chi connectivity index (χ3v) is 6.15. The summed E-state index contributed by atoms with van der Waals surface area (Å²) < 4.78 is 33.1. The lowest BCUT2D eigenvalue weighted by Crippen LogP contribution is -2.47. The molecule has 8 nitrogen and oxygen atoms in total. The molecule has 0 unspecified atom stereocenters. The van der Waals surface area contributed by atoms with Gasteiger partial charge in [0.05, 0.1) is 12.0 Å². The van der Waals surface area contributed by atoms with Gasteiger partial charge in [0, 0.05) is 17.8 Å². The summed E-state index contributed by atoms with van der Waals surface area (Å²) in [5.41, 5.74) is 1.60. The van der Waals surface area contributed by atoms with Crippen molar-refractivity contribution >= 4 is 27.5 Å². The van der Waals surface area contributed by atoms with Crippen molar-refractivity contribution in [1.29, 1.82) is 0 Å². The SMILES string of the molecule is CCNC(=O)c1ccc(C)c(NC(=O)[C@@H](NS(=O)(=O)c2ccc(OC)cc2)C(C)C)c1. The molecule has 0 saturated carbocycles. The number of amides is 2. The van der Waals surface area contributed by atoms with Crippen molar-refractivity contribution in [1.82, 2.24) is 10.0 Å². The van der Waals surface area contributed by atoms with E-state index in [1.807, 2.05) is 6.92 Å². The first kappa shape index (κ1) is 24.4. The van der Waals surface area contributed by atoms with Crippen molar-refractivity contribution in [2.24, 2.45) is 5.92 Å². The summed E-state index contributed by atoms with van der Waals surface area (Å²) >= 11 is 0. The van der Waals surface area contributed by atoms with Crippen LogP contribution in [0.5, 0.6) is 5.75 Å². The third-order valence-electron chi connectivity index (χ3n) is 4.70. The first-order valence-electron chi connectivity index (χ1n) is 9.95. The van der Waals surface area contributed by atoms with Crippen molar-refractivity contribution in [3.63, 3.8) is 0 Å². The molecule has 0 radical (unpaired) electrons. The molecule has 0 spiro atoms. The lowest BCUT2D eigenvalue weighted by atomic mass is 10.0. The molecule has 2 aromatic rings. The van der Waals surface area contributed by atoms with E-state index in [-0.39, 0.29) is 16.7 Å². The molecule has 9 heteroatoms. The van der Waals surface area contributed by atoms with Gasteiger partial charge in [0.15, 0.2) is 0 Å². The van der Waals surface area contributed by atoms with Gasteiger partial charge < -0.3 is 15.4 Å². The molecular weight excluding hydrogens is 418 g/mol. The number of anilines is 1. The largest absolute Gasteiger partial charge is 0.497 e. The van der Waals surface area contributed by atoms with Crippen molar-refractivity contribution in [2.45, 2.75) is 38.6 Å². The van der Waals surface area contributed by atoms with Crippen molar-refractivity contribution < 1.29 is 22.7 Å². The minimum absolute atomic E-state index is 0.0289. The molecule has 0 saturated heterocycles. The Morgan fingerprint density at radius 3 is 2.26 bits per heavy atom. The molecule has 0 heterocycles. The lowest BCUT2D eigenvalue weighted by molar-refractivity contribution is -0.118. The number of ether oxygens (including phenoxy) is 1. The second kappa shape index (κ2) is 10.4. The molecule has 31 heavy (non-hydrogen) atoms. The van der Waals surface area contributed by atoms with Crippen LogP contribution >= 0.6 is 0 Å². The quantitative estimate of drug-likeness (QED) is 0.547. The highest BCUT2D eigenvalue weighted by atomic mass is 32.2. The van der Waals surface area contributed by atoms with Gasteiger partial charge in [0.25, 0.3) is 5.91 Å². The zero-order valence-electron chi connectivity index (χ0n) is 18.4. The Balaban J connectivity index is 2.24. The van der Waals surface area contributed by atoms with Gasteiger partial charge in [-0.3, -0.25) is 9.59 Å². The molecule has 0 aliphatic carbocycles. The third kappa shape index (κ3) is 6.28. The van der Waals surface area contributed by atoms with Crippen LogP contribution in [0.4, 0.5) is 5.69 Å². The van der Waals surface area contributed by atoms with Gasteiger partial charge >= 0.3 is 0 Å². The molecular formula is C22H29N3O5S. The highest BCUT2D eigenvalue weighted by molar-refractivity contribution is 7.89. The van der Waals surface area contributed by atoms with Crippen LogP contribution in [0.15, 0.2) is 47.4 Å². The number of hydrogen-bond donors (Lipinski definition) is 3. The Morgan fingerprint density at radius 2 is 1.71 bits per heavy atom. The first-order chi connectivity index (χ1) is 14.6. The molecule has 0 aliphatic rings. The van der Waals surface area contributed by atoms with E-state index in [9.17, 15) is 18.0 Å². The summed E-state index contributed by atoms with van der Waals surface area (Å²) in [5, 5.41) is 5.46. The van der Waals surface area contributed by atoms with E-state index >= 15 is 0 Å². The Hall–Kier alpha value is -2.91. The van der Waals surface area contributed by atoms with Crippen LogP contribution in [0.25, 0.3) is 0 Å². The van der Waals surface area contributed by atoms with Crippen LogP contribution in [0.1, 0.15) is 36.7 Å². The van der Waals surface area contributed by atoms with E-state index in [0.29, 0.717) is 23.5 Å². The fourth-order valence-corrected chi connectivity index (χ4v) is 4.20. The second-order valence-corrected chi connectivity index (χ2v) is 9.11. The summed E-state index contributed by atoms with van der Waals surface area (Å²) in [7, 11) is -2.45. The van der Waals surface area contributed by atoms with Gasteiger partial charge in [-0.1, -0.05) is 19.9 Å². The van der Waals surface area contributed by atoms with Crippen LogP contribution in [0.3, 0.4) is 0 Å². The fourth-order valence-electron chi connectivity index (χ4n) is 2.85. The van der Waals surface area contributed by atoms with E-state index < -0.39 is 22.0 Å². The number of hydrogen-bond acceptors (Lipinski definition) is 5. The maximum absolute atomic E-state index is 13.0. The van der Waals surface area contributed by atoms with Gasteiger partial charge in [-0.05, 0) is 61.7 Å². The van der Waals surface area contributed by atoms with Gasteiger partial charge in [0.2, 0.25) is 15.9 Å². The minimum atomic E-state index is -3.94. The zero-order valence-corrected chi connectivity index (χ0v) is 19.2. The number of aryl methyl sites for hydroxylation is 1. The number of benzene rings is 2. The van der Waals surface area contributed by atoms with Gasteiger partial charge in [-0.2, -0.15) is 4.72 Å². The normalized spacial score (nSPS) is 12.3. The summed E-state index contributed by atoms with van der Waals surface area (Å²) in [6.07, 6.45) is 0. The lowest BCUT2D eigenvalue weighted by Gasteiger charge is -2.22. The Kier molecular flexibility index (Phi) is 8.18. The van der Waals surface area contributed by atoms with Gasteiger partial charge in [-0.15, -0.1) is 0 Å². The smallest absolute Gasteiger partial charge is 0.251 e. The number of carbonyl (C=O) groups is 2. The fraction of sp³-hybridized carbons (Fsp3) is 0.364. The summed E-state index contributed by atoms with van der Waals surface area (Å²) in [6, 6.07) is 9.86. The Labute approximate surface area is 183 Å². The minimum Gasteiger partial charge on any atom is -0.497 e. The maximum atomic E-state index is 13.0. The first-order valence-corrected chi connectivity index (χ1v) is 11.4. The molecule has 1 atom stereocenters. The highest BCUT2D eigenvalue weighted by Gasteiger charge is 2.29. The highest BCUT2D eigenvalue weighted by Crippen LogP contribution is 2.20. The van der Waals surface area contributed by atoms with Crippen LogP contribution in [-0.2, 0) is 14.8 Å². The number of methoxy groups -OCH3 is 1. The van der Waals surface area contributed by atoms with Crippen molar-refractivity contribution in [3.05, 3.63) is 53.6 Å². The number of carbonyl (C=O) groups excluding carboxylic acids is 2. The van der Waals surface area contributed by atoms with E-state index in [4.69, 9.17) is 4.74 Å². The summed E-state index contributed by atoms with van der Waals surface area (Å²) in [6.45, 7) is 7.59. The molecule has 0 aromatic heterocycles. The molecule has 0 bridgehead atoms. The molecule has 3 N–H and O–H groups in total. The molecule has 0 fully saturated rings. The molecule has 2 amide bonds. The molecule has 2 rings (SSSR count). The maximum Gasteiger partial charge on any atom is 0.251 e. The molecule has 2 aromatic carbocycles. The molecule has 0 aliphatic heterocycles. The van der Waals surface area contributed by atoms with Gasteiger partial charge in [0.1, 0.15) is 11.8 Å². The molecule has 168 valence electrons.